The molecule has 0 aliphatic rings. The number of azo groups is 1. The molecule has 0 aliphatic carbocycles. The van der Waals surface area contributed by atoms with Crippen LogP contribution >= 0.6 is 0 Å². The maximum atomic E-state index is 10.4. The summed E-state index contributed by atoms with van der Waals surface area (Å²) in [5.74, 6) is -0.950. The Kier molecular flexibility index (Phi) is 5.64. The first-order valence-electron chi connectivity index (χ1n) is 5.51. The van der Waals surface area contributed by atoms with Crippen LogP contribution in [0.15, 0.2) is 46.6 Å². The summed E-state index contributed by atoms with van der Waals surface area (Å²) in [6, 6.07) is 9.21. The van der Waals surface area contributed by atoms with Gasteiger partial charge >= 0.3 is 5.97 Å². The highest BCUT2D eigenvalue weighted by atomic mass is 16.4. The normalized spacial score (nSPS) is 13.2. The van der Waals surface area contributed by atoms with Gasteiger partial charge in [-0.3, -0.25) is 0 Å². The van der Waals surface area contributed by atoms with Gasteiger partial charge in [-0.05, 0) is 18.9 Å². The molecule has 0 aromatic heterocycles. The van der Waals surface area contributed by atoms with Gasteiger partial charge in [0.2, 0.25) is 0 Å². The van der Waals surface area contributed by atoms with E-state index in [4.69, 9.17) is 5.11 Å². The molecule has 1 N–H and O–H groups in total. The Bertz CT molecular complexity index is 399. The average Bonchev–Trinajstić information content (AvgIpc) is 2.34. The van der Waals surface area contributed by atoms with Crippen LogP contribution in [0.5, 0.6) is 0 Å². The molecule has 0 radical (unpaired) electrons. The summed E-state index contributed by atoms with van der Waals surface area (Å²) in [6.45, 7) is 2.02. The fourth-order valence-electron chi connectivity index (χ4n) is 1.15. The van der Waals surface area contributed by atoms with Crippen molar-refractivity contribution < 1.29 is 9.90 Å². The van der Waals surface area contributed by atoms with Crippen molar-refractivity contribution in [3.05, 3.63) is 42.0 Å². The second-order valence-electron chi connectivity index (χ2n) is 3.60. The molecule has 0 bridgehead atoms. The van der Waals surface area contributed by atoms with Gasteiger partial charge in [0.1, 0.15) is 0 Å². The van der Waals surface area contributed by atoms with Crippen molar-refractivity contribution >= 4 is 12.0 Å². The lowest BCUT2D eigenvalue weighted by Gasteiger charge is -1.95. The first kappa shape index (κ1) is 13.1. The number of benzene rings is 1. The molecule has 1 aromatic rings. The summed E-state index contributed by atoms with van der Waals surface area (Å²) >= 11 is 0. The molecule has 0 heterocycles. The van der Waals surface area contributed by atoms with E-state index in [9.17, 15) is 4.79 Å². The Morgan fingerprint density at radius 3 is 2.76 bits per heavy atom. The van der Waals surface area contributed by atoms with Crippen LogP contribution in [-0.4, -0.2) is 23.7 Å². The molecular weight excluding hydrogens is 216 g/mol. The zero-order valence-electron chi connectivity index (χ0n) is 9.78. The summed E-state index contributed by atoms with van der Waals surface area (Å²) in [4.78, 5) is 10.4. The van der Waals surface area contributed by atoms with Crippen molar-refractivity contribution in [1.29, 1.82) is 0 Å². The molecule has 0 amide bonds. The van der Waals surface area contributed by atoms with Crippen LogP contribution in [-0.2, 0) is 4.79 Å². The van der Waals surface area contributed by atoms with Crippen molar-refractivity contribution in [2.75, 3.05) is 6.54 Å². The number of hydrogen-bond donors (Lipinski definition) is 1. The fourth-order valence-corrected chi connectivity index (χ4v) is 1.15. The van der Waals surface area contributed by atoms with Crippen molar-refractivity contribution in [1.82, 2.24) is 0 Å². The summed E-state index contributed by atoms with van der Waals surface area (Å²) in [6.07, 6.45) is 4.76. The van der Waals surface area contributed by atoms with E-state index in [0.717, 1.165) is 12.0 Å². The monoisotopic (exact) mass is 232 g/mol. The first-order valence-corrected chi connectivity index (χ1v) is 5.51. The van der Waals surface area contributed by atoms with Gasteiger partial charge in [-0.1, -0.05) is 42.5 Å². The largest absolute Gasteiger partial charge is 0.480 e. The first-order chi connectivity index (χ1) is 8.20. The third-order valence-corrected chi connectivity index (χ3v) is 2.12. The molecule has 4 heteroatoms. The second kappa shape index (κ2) is 7.33. The number of carboxylic acid groups (broad SMARTS) is 1. The number of carboxylic acids is 1. The number of aliphatic carboxylic acids is 1. The lowest BCUT2D eigenvalue weighted by molar-refractivity contribution is -0.138. The highest BCUT2D eigenvalue weighted by Crippen LogP contribution is 2.02. The fraction of sp³-hybridized carbons (Fsp3) is 0.308. The molecule has 1 aromatic carbocycles. The minimum atomic E-state index is -0.950. The van der Waals surface area contributed by atoms with Crippen LogP contribution in [0.4, 0.5) is 0 Å². The van der Waals surface area contributed by atoms with E-state index in [1.54, 1.807) is 0 Å². The molecule has 90 valence electrons. The number of carbonyl (C=O) groups is 1. The van der Waals surface area contributed by atoms with E-state index >= 15 is 0 Å². The maximum absolute atomic E-state index is 10.4. The average molecular weight is 232 g/mol. The zero-order valence-corrected chi connectivity index (χ0v) is 9.78. The van der Waals surface area contributed by atoms with E-state index in [1.807, 2.05) is 42.5 Å². The van der Waals surface area contributed by atoms with Crippen molar-refractivity contribution in [3.63, 3.8) is 0 Å². The molecule has 0 aliphatic heterocycles. The lowest BCUT2D eigenvalue weighted by Crippen LogP contribution is -2.12. The molecule has 0 saturated heterocycles. The van der Waals surface area contributed by atoms with E-state index in [0.29, 0.717) is 6.54 Å². The smallest absolute Gasteiger partial charge is 0.330 e. The van der Waals surface area contributed by atoms with Crippen LogP contribution in [0.3, 0.4) is 0 Å². The Hall–Kier alpha value is -1.97. The maximum Gasteiger partial charge on any atom is 0.330 e. The Labute approximate surface area is 101 Å². The molecule has 1 unspecified atom stereocenters. The van der Waals surface area contributed by atoms with Gasteiger partial charge in [-0.25, -0.2) is 4.79 Å². The Morgan fingerprint density at radius 2 is 2.12 bits per heavy atom. The summed E-state index contributed by atoms with van der Waals surface area (Å²) < 4.78 is 0. The Morgan fingerprint density at radius 1 is 1.41 bits per heavy atom. The van der Waals surface area contributed by atoms with Gasteiger partial charge in [-0.2, -0.15) is 10.2 Å². The van der Waals surface area contributed by atoms with E-state index in [1.165, 1.54) is 6.92 Å². The van der Waals surface area contributed by atoms with E-state index in [-0.39, 0.29) is 0 Å². The van der Waals surface area contributed by atoms with Gasteiger partial charge in [0.25, 0.3) is 0 Å². The van der Waals surface area contributed by atoms with Crippen LogP contribution in [0, 0.1) is 0 Å². The number of nitrogens with zero attached hydrogens (tertiary/aromatic N) is 2. The van der Waals surface area contributed by atoms with Gasteiger partial charge in [0.15, 0.2) is 6.04 Å². The van der Waals surface area contributed by atoms with Crippen LogP contribution in [0.1, 0.15) is 18.9 Å². The number of rotatable bonds is 6. The molecule has 0 fully saturated rings. The number of hydrogen-bond acceptors (Lipinski definition) is 3. The molecule has 17 heavy (non-hydrogen) atoms. The van der Waals surface area contributed by atoms with Crippen LogP contribution in [0.2, 0.25) is 0 Å². The molecule has 0 saturated carbocycles. The van der Waals surface area contributed by atoms with E-state index in [2.05, 4.69) is 10.2 Å². The molecule has 0 spiro atoms. The minimum absolute atomic E-state index is 0.515. The zero-order chi connectivity index (χ0) is 12.5. The summed E-state index contributed by atoms with van der Waals surface area (Å²) in [5, 5.41) is 16.0. The third kappa shape index (κ3) is 5.61. The van der Waals surface area contributed by atoms with E-state index < -0.39 is 12.0 Å². The quantitative estimate of drug-likeness (QED) is 0.605. The molecule has 1 atom stereocenters. The Balaban J connectivity index is 2.25. The minimum Gasteiger partial charge on any atom is -0.480 e. The predicted molar refractivity (Wildman–Crippen MR) is 66.9 cm³/mol. The van der Waals surface area contributed by atoms with Crippen molar-refractivity contribution in [2.45, 2.75) is 19.4 Å². The van der Waals surface area contributed by atoms with Gasteiger partial charge in [0, 0.05) is 0 Å². The second-order valence-corrected chi connectivity index (χ2v) is 3.60. The van der Waals surface area contributed by atoms with Crippen molar-refractivity contribution in [3.8, 4) is 0 Å². The topological polar surface area (TPSA) is 62.0 Å². The lowest BCUT2D eigenvalue weighted by atomic mass is 10.2. The predicted octanol–water partition coefficient (Wildman–Crippen LogP) is 3.02. The highest BCUT2D eigenvalue weighted by Gasteiger charge is 2.06. The highest BCUT2D eigenvalue weighted by molar-refractivity contribution is 5.72. The van der Waals surface area contributed by atoms with Gasteiger partial charge in [0.05, 0.1) is 6.54 Å². The van der Waals surface area contributed by atoms with Crippen LogP contribution in [0.25, 0.3) is 6.08 Å². The molecular formula is C13H16N2O2. The van der Waals surface area contributed by atoms with Crippen molar-refractivity contribution in [2.24, 2.45) is 10.2 Å². The molecule has 1 rings (SSSR count). The molecule has 4 nitrogen and oxygen atoms in total. The standard InChI is InChI=1S/C13H16N2O2/c1-11(13(16)17)15-14-10-6-5-9-12-7-3-2-4-8-12/h2-5,7-9,11H,6,10H2,1H3,(H,16,17). The summed E-state index contributed by atoms with van der Waals surface area (Å²) in [7, 11) is 0. The van der Waals surface area contributed by atoms with Gasteiger partial charge < -0.3 is 5.11 Å². The SMILES string of the molecule is CC(N=NCCC=Cc1ccccc1)C(=O)O. The van der Waals surface area contributed by atoms with Crippen LogP contribution < -0.4 is 0 Å². The third-order valence-electron chi connectivity index (χ3n) is 2.12. The van der Waals surface area contributed by atoms with Gasteiger partial charge in [-0.15, -0.1) is 0 Å². The summed E-state index contributed by atoms with van der Waals surface area (Å²) in [5.41, 5.74) is 1.14.